The van der Waals surface area contributed by atoms with Gasteiger partial charge in [0, 0.05) is 24.8 Å². The summed E-state index contributed by atoms with van der Waals surface area (Å²) in [7, 11) is 0. The Morgan fingerprint density at radius 3 is 2.65 bits per heavy atom. The molecule has 1 aromatic carbocycles. The molecule has 1 heterocycles. The topological polar surface area (TPSA) is 24.1 Å². The molecule has 1 aliphatic heterocycles. The van der Waals surface area contributed by atoms with Gasteiger partial charge in [0.15, 0.2) is 0 Å². The van der Waals surface area contributed by atoms with Gasteiger partial charge < -0.3 is 10.6 Å². The molecule has 2 heteroatoms. The highest BCUT2D eigenvalue weighted by atomic mass is 14.9. The summed E-state index contributed by atoms with van der Waals surface area (Å²) in [6.07, 6.45) is 8.28. The van der Waals surface area contributed by atoms with Crippen LogP contribution in [0.1, 0.15) is 51.5 Å². The zero-order valence-electron chi connectivity index (χ0n) is 13.1. The maximum atomic E-state index is 3.78. The van der Waals surface area contributed by atoms with Crippen molar-refractivity contribution >= 4 is 5.69 Å². The predicted molar refractivity (Wildman–Crippen MR) is 88.3 cm³/mol. The molecule has 3 rings (SSSR count). The summed E-state index contributed by atoms with van der Waals surface area (Å²) in [5, 5.41) is 7.34. The van der Waals surface area contributed by atoms with E-state index < -0.39 is 0 Å². The van der Waals surface area contributed by atoms with Crippen molar-refractivity contribution in [2.45, 2.75) is 58.4 Å². The SMILES string of the molecule is CC.c1ccc2c(c1)CC(CNC1CCCCC1)CN2. The highest BCUT2D eigenvalue weighted by Gasteiger charge is 2.19. The molecule has 1 saturated carbocycles. The first-order chi connectivity index (χ1) is 9.92. The molecule has 1 fully saturated rings. The second-order valence-corrected chi connectivity index (χ2v) is 5.85. The third kappa shape index (κ3) is 4.24. The molecule has 0 amide bonds. The number of anilines is 1. The van der Waals surface area contributed by atoms with Crippen molar-refractivity contribution in [2.24, 2.45) is 5.92 Å². The monoisotopic (exact) mass is 274 g/mol. The Hall–Kier alpha value is -1.02. The maximum absolute atomic E-state index is 3.78. The Labute approximate surface area is 124 Å². The molecule has 1 aromatic rings. The number of hydrogen-bond acceptors (Lipinski definition) is 2. The minimum absolute atomic E-state index is 0.752. The highest BCUT2D eigenvalue weighted by molar-refractivity contribution is 5.53. The summed E-state index contributed by atoms with van der Waals surface area (Å²) in [4.78, 5) is 0. The van der Waals surface area contributed by atoms with Gasteiger partial charge in [0.2, 0.25) is 0 Å². The Morgan fingerprint density at radius 1 is 1.10 bits per heavy atom. The normalized spacial score (nSPS) is 22.2. The molecule has 0 bridgehead atoms. The van der Waals surface area contributed by atoms with Crippen molar-refractivity contribution in [1.82, 2.24) is 5.32 Å². The van der Waals surface area contributed by atoms with E-state index >= 15 is 0 Å². The lowest BCUT2D eigenvalue weighted by Gasteiger charge is -2.29. The molecule has 1 unspecified atom stereocenters. The fraction of sp³-hybridized carbons (Fsp3) is 0.667. The van der Waals surface area contributed by atoms with Gasteiger partial charge in [-0.2, -0.15) is 0 Å². The van der Waals surface area contributed by atoms with Crippen molar-refractivity contribution in [3.05, 3.63) is 29.8 Å². The van der Waals surface area contributed by atoms with Crippen LogP contribution in [-0.2, 0) is 6.42 Å². The minimum Gasteiger partial charge on any atom is -0.384 e. The quantitative estimate of drug-likeness (QED) is 0.862. The van der Waals surface area contributed by atoms with Gasteiger partial charge in [-0.3, -0.25) is 0 Å². The molecule has 1 atom stereocenters. The first-order valence-electron chi connectivity index (χ1n) is 8.47. The van der Waals surface area contributed by atoms with Gasteiger partial charge in [-0.25, -0.2) is 0 Å². The molecule has 0 radical (unpaired) electrons. The Kier molecular flexibility index (Phi) is 6.38. The van der Waals surface area contributed by atoms with Crippen LogP contribution in [0, 0.1) is 5.92 Å². The molecule has 112 valence electrons. The molecule has 2 N–H and O–H groups in total. The van der Waals surface area contributed by atoms with Gasteiger partial charge in [-0.05, 0) is 36.8 Å². The lowest BCUT2D eigenvalue weighted by molar-refractivity contribution is 0.347. The number of para-hydroxylation sites is 1. The number of fused-ring (bicyclic) bond motifs is 1. The van der Waals surface area contributed by atoms with E-state index in [4.69, 9.17) is 0 Å². The van der Waals surface area contributed by atoms with Crippen molar-refractivity contribution in [3.8, 4) is 0 Å². The van der Waals surface area contributed by atoms with Crippen molar-refractivity contribution < 1.29 is 0 Å². The molecule has 2 nitrogen and oxygen atoms in total. The molecular weight excluding hydrogens is 244 g/mol. The van der Waals surface area contributed by atoms with Gasteiger partial charge in [0.1, 0.15) is 0 Å². The van der Waals surface area contributed by atoms with Gasteiger partial charge in [-0.1, -0.05) is 51.3 Å². The Morgan fingerprint density at radius 2 is 1.85 bits per heavy atom. The summed E-state index contributed by atoms with van der Waals surface area (Å²) in [6, 6.07) is 9.51. The van der Waals surface area contributed by atoms with E-state index in [1.165, 1.54) is 56.3 Å². The number of nitrogens with one attached hydrogen (secondary N) is 2. The third-order valence-electron chi connectivity index (χ3n) is 4.41. The molecule has 0 saturated heterocycles. The second kappa shape index (κ2) is 8.31. The standard InChI is InChI=1S/C16H24N2.C2H6/c1-2-7-15(8-3-1)17-11-13-10-14-6-4-5-9-16(14)18-12-13;1-2/h4-6,9,13,15,17-18H,1-3,7-8,10-12H2;1-2H3. The van der Waals surface area contributed by atoms with Crippen molar-refractivity contribution in [3.63, 3.8) is 0 Å². The molecular formula is C18H30N2. The largest absolute Gasteiger partial charge is 0.384 e. The second-order valence-electron chi connectivity index (χ2n) is 5.85. The van der Waals surface area contributed by atoms with Crippen LogP contribution in [0.3, 0.4) is 0 Å². The zero-order valence-corrected chi connectivity index (χ0v) is 13.1. The van der Waals surface area contributed by atoms with Crippen LogP contribution >= 0.6 is 0 Å². The fourth-order valence-corrected chi connectivity index (χ4v) is 3.29. The molecule has 0 spiro atoms. The lowest BCUT2D eigenvalue weighted by Crippen LogP contribution is -2.38. The Bertz CT molecular complexity index is 383. The fourth-order valence-electron chi connectivity index (χ4n) is 3.29. The molecule has 20 heavy (non-hydrogen) atoms. The van der Waals surface area contributed by atoms with E-state index in [9.17, 15) is 0 Å². The molecule has 0 aromatic heterocycles. The van der Waals surface area contributed by atoms with E-state index in [2.05, 4.69) is 34.9 Å². The third-order valence-corrected chi connectivity index (χ3v) is 4.41. The van der Waals surface area contributed by atoms with Gasteiger partial charge in [0.05, 0.1) is 0 Å². The van der Waals surface area contributed by atoms with Crippen LogP contribution in [0.5, 0.6) is 0 Å². The first kappa shape index (κ1) is 15.4. The van der Waals surface area contributed by atoms with Gasteiger partial charge in [0.25, 0.3) is 0 Å². The van der Waals surface area contributed by atoms with Crippen LogP contribution in [-0.4, -0.2) is 19.1 Å². The van der Waals surface area contributed by atoms with Crippen LogP contribution < -0.4 is 10.6 Å². The van der Waals surface area contributed by atoms with Gasteiger partial charge >= 0.3 is 0 Å². The van der Waals surface area contributed by atoms with E-state index in [0.717, 1.165) is 18.5 Å². The van der Waals surface area contributed by atoms with E-state index in [1.807, 2.05) is 13.8 Å². The predicted octanol–water partition coefficient (Wildman–Crippen LogP) is 4.22. The summed E-state index contributed by atoms with van der Waals surface area (Å²) in [5.41, 5.74) is 2.82. The lowest BCUT2D eigenvalue weighted by atomic mass is 9.92. The smallest absolute Gasteiger partial charge is 0.0372 e. The highest BCUT2D eigenvalue weighted by Crippen LogP contribution is 2.24. The van der Waals surface area contributed by atoms with E-state index in [1.54, 1.807) is 0 Å². The number of rotatable bonds is 3. The average molecular weight is 274 g/mol. The molecule has 1 aliphatic carbocycles. The maximum Gasteiger partial charge on any atom is 0.0372 e. The minimum atomic E-state index is 0.752. The van der Waals surface area contributed by atoms with E-state index in [0.29, 0.717) is 0 Å². The zero-order chi connectivity index (χ0) is 14.2. The van der Waals surface area contributed by atoms with Crippen LogP contribution in [0.4, 0.5) is 5.69 Å². The van der Waals surface area contributed by atoms with Crippen LogP contribution in [0.25, 0.3) is 0 Å². The summed E-state index contributed by atoms with van der Waals surface area (Å²) >= 11 is 0. The van der Waals surface area contributed by atoms with Gasteiger partial charge in [-0.15, -0.1) is 0 Å². The van der Waals surface area contributed by atoms with Crippen molar-refractivity contribution in [1.29, 1.82) is 0 Å². The number of benzene rings is 1. The summed E-state index contributed by atoms with van der Waals surface area (Å²) in [5.74, 6) is 0.752. The van der Waals surface area contributed by atoms with Crippen LogP contribution in [0.15, 0.2) is 24.3 Å². The van der Waals surface area contributed by atoms with Crippen LogP contribution in [0.2, 0.25) is 0 Å². The summed E-state index contributed by atoms with van der Waals surface area (Å²) < 4.78 is 0. The Balaban J connectivity index is 0.000000704. The van der Waals surface area contributed by atoms with Crippen molar-refractivity contribution in [2.75, 3.05) is 18.4 Å². The molecule has 2 aliphatic rings. The van der Waals surface area contributed by atoms with E-state index in [-0.39, 0.29) is 0 Å². The summed E-state index contributed by atoms with van der Waals surface area (Å²) in [6.45, 7) is 6.29. The first-order valence-corrected chi connectivity index (χ1v) is 8.47. The number of hydrogen-bond donors (Lipinski definition) is 2. The average Bonchev–Trinajstić information content (AvgIpc) is 2.55.